The third-order valence-electron chi connectivity index (χ3n) is 4.73. The maximum absolute atomic E-state index is 4.11. The van der Waals surface area contributed by atoms with Crippen molar-refractivity contribution >= 4 is 0 Å². The molecule has 108 valence electrons. The van der Waals surface area contributed by atoms with Crippen LogP contribution in [0.4, 0.5) is 0 Å². The van der Waals surface area contributed by atoms with Crippen LogP contribution in [0.15, 0.2) is 6.20 Å². The Labute approximate surface area is 116 Å². The highest BCUT2D eigenvalue weighted by atomic mass is 15.4. The van der Waals surface area contributed by atoms with E-state index in [1.165, 1.54) is 31.4 Å². The minimum atomic E-state index is 0.216. The number of nitrogens with one attached hydrogen (secondary N) is 1. The largest absolute Gasteiger partial charge is 0.310 e. The second-order valence-corrected chi connectivity index (χ2v) is 5.49. The van der Waals surface area contributed by atoms with E-state index in [0.717, 1.165) is 13.1 Å². The summed E-state index contributed by atoms with van der Waals surface area (Å²) in [6.45, 7) is 6.72. The van der Waals surface area contributed by atoms with Crippen LogP contribution in [0.1, 0.15) is 51.3 Å². The number of hydrogen-bond donors (Lipinski definition) is 1. The predicted molar refractivity (Wildman–Crippen MR) is 76.9 cm³/mol. The summed E-state index contributed by atoms with van der Waals surface area (Å²) in [6, 6.07) is 0.301. The average Bonchev–Trinajstić information content (AvgIpc) is 3.04. The molecule has 5 heteroatoms. The molecule has 19 heavy (non-hydrogen) atoms. The van der Waals surface area contributed by atoms with Gasteiger partial charge in [-0.15, -0.1) is 5.10 Å². The molecule has 1 aromatic rings. The fourth-order valence-corrected chi connectivity index (χ4v) is 3.88. The maximum Gasteiger partial charge on any atom is 0.0772 e. The van der Waals surface area contributed by atoms with E-state index in [9.17, 15) is 0 Å². The van der Waals surface area contributed by atoms with Gasteiger partial charge in [-0.05, 0) is 33.0 Å². The minimum Gasteiger partial charge on any atom is -0.310 e. The first-order valence-corrected chi connectivity index (χ1v) is 7.46. The van der Waals surface area contributed by atoms with E-state index in [1.54, 1.807) is 0 Å². The molecule has 0 saturated heterocycles. The molecule has 0 amide bonds. The van der Waals surface area contributed by atoms with Crippen LogP contribution < -0.4 is 5.32 Å². The Morgan fingerprint density at radius 2 is 2.00 bits per heavy atom. The molecule has 1 heterocycles. The van der Waals surface area contributed by atoms with Crippen molar-refractivity contribution in [2.45, 2.75) is 51.1 Å². The Balaban J connectivity index is 2.39. The summed E-state index contributed by atoms with van der Waals surface area (Å²) in [5, 5.41) is 11.7. The van der Waals surface area contributed by atoms with Crippen LogP contribution in [0.5, 0.6) is 0 Å². The Morgan fingerprint density at radius 3 is 2.42 bits per heavy atom. The summed E-state index contributed by atoms with van der Waals surface area (Å²) in [5.74, 6) is 0. The summed E-state index contributed by atoms with van der Waals surface area (Å²) < 4.78 is 1.91. The van der Waals surface area contributed by atoms with Crippen molar-refractivity contribution < 1.29 is 0 Å². The average molecular weight is 265 g/mol. The fraction of sp³-hybridized carbons (Fsp3) is 0.857. The van der Waals surface area contributed by atoms with Gasteiger partial charge < -0.3 is 5.32 Å². The van der Waals surface area contributed by atoms with Gasteiger partial charge in [0.25, 0.3) is 0 Å². The van der Waals surface area contributed by atoms with Crippen LogP contribution in [-0.2, 0) is 7.05 Å². The van der Waals surface area contributed by atoms with Gasteiger partial charge >= 0.3 is 0 Å². The number of nitrogens with zero attached hydrogens (tertiary/aromatic N) is 4. The molecular weight excluding hydrogens is 238 g/mol. The van der Waals surface area contributed by atoms with Crippen LogP contribution >= 0.6 is 0 Å². The molecule has 2 rings (SSSR count). The highest BCUT2D eigenvalue weighted by molar-refractivity contribution is 5.14. The van der Waals surface area contributed by atoms with E-state index in [1.807, 2.05) is 17.9 Å². The minimum absolute atomic E-state index is 0.216. The normalized spacial score (nSPS) is 20.1. The van der Waals surface area contributed by atoms with E-state index in [0.29, 0.717) is 6.04 Å². The zero-order chi connectivity index (χ0) is 13.9. The molecule has 1 saturated carbocycles. The maximum atomic E-state index is 4.11. The molecule has 1 atom stereocenters. The second-order valence-electron chi connectivity index (χ2n) is 5.49. The third kappa shape index (κ3) is 2.41. The number of hydrogen-bond acceptors (Lipinski definition) is 4. The lowest BCUT2D eigenvalue weighted by molar-refractivity contribution is 0.0626. The molecule has 1 aromatic heterocycles. The van der Waals surface area contributed by atoms with Crippen LogP contribution in [-0.4, -0.2) is 45.6 Å². The molecule has 1 aliphatic rings. The highest BCUT2D eigenvalue weighted by Crippen LogP contribution is 2.44. The molecule has 0 spiro atoms. The molecule has 0 aromatic carbocycles. The molecule has 5 nitrogen and oxygen atoms in total. The first-order chi connectivity index (χ1) is 9.19. The molecule has 0 bridgehead atoms. The lowest BCUT2D eigenvalue weighted by atomic mass is 9.84. The van der Waals surface area contributed by atoms with Gasteiger partial charge in [0.05, 0.1) is 17.9 Å². The molecule has 1 aliphatic carbocycles. The number of likely N-dealkylation sites (N-methyl/N-ethyl adjacent to an activating group) is 2. The Morgan fingerprint density at radius 1 is 1.37 bits per heavy atom. The summed E-state index contributed by atoms with van der Waals surface area (Å²) >= 11 is 0. The summed E-state index contributed by atoms with van der Waals surface area (Å²) in [7, 11) is 4.04. The lowest BCUT2D eigenvalue weighted by Gasteiger charge is -2.46. The van der Waals surface area contributed by atoms with Crippen molar-refractivity contribution in [2.75, 3.05) is 20.1 Å². The number of aromatic nitrogens is 3. The predicted octanol–water partition coefficient (Wildman–Crippen LogP) is 1.73. The summed E-state index contributed by atoms with van der Waals surface area (Å²) in [4.78, 5) is 2.62. The Bertz CT molecular complexity index is 390. The van der Waals surface area contributed by atoms with Gasteiger partial charge in [0.1, 0.15) is 0 Å². The third-order valence-corrected chi connectivity index (χ3v) is 4.73. The van der Waals surface area contributed by atoms with Crippen LogP contribution in [0.2, 0.25) is 0 Å². The molecule has 0 aliphatic heterocycles. The molecule has 1 N–H and O–H groups in total. The van der Waals surface area contributed by atoms with Crippen molar-refractivity contribution in [1.82, 2.24) is 25.2 Å². The van der Waals surface area contributed by atoms with Gasteiger partial charge in [-0.3, -0.25) is 9.58 Å². The van der Waals surface area contributed by atoms with E-state index >= 15 is 0 Å². The van der Waals surface area contributed by atoms with E-state index in [-0.39, 0.29) is 5.54 Å². The van der Waals surface area contributed by atoms with Crippen molar-refractivity contribution in [1.29, 1.82) is 0 Å². The summed E-state index contributed by atoms with van der Waals surface area (Å²) in [5.41, 5.74) is 1.41. The zero-order valence-electron chi connectivity index (χ0n) is 12.7. The topological polar surface area (TPSA) is 46.0 Å². The molecule has 1 fully saturated rings. The van der Waals surface area contributed by atoms with Gasteiger partial charge in [-0.1, -0.05) is 31.9 Å². The van der Waals surface area contributed by atoms with Gasteiger partial charge in [-0.2, -0.15) is 0 Å². The van der Waals surface area contributed by atoms with Crippen molar-refractivity contribution in [3.8, 4) is 0 Å². The SMILES string of the molecule is CCN(CC)C1(C(NC)c2cnnn2C)CCCC1. The number of rotatable bonds is 6. The highest BCUT2D eigenvalue weighted by Gasteiger charge is 2.46. The second kappa shape index (κ2) is 6.01. The first-order valence-electron chi connectivity index (χ1n) is 7.46. The van der Waals surface area contributed by atoms with Gasteiger partial charge in [0, 0.05) is 12.6 Å². The smallest absolute Gasteiger partial charge is 0.0772 e. The van der Waals surface area contributed by atoms with Crippen molar-refractivity contribution in [3.05, 3.63) is 11.9 Å². The van der Waals surface area contributed by atoms with Crippen LogP contribution in [0.3, 0.4) is 0 Å². The monoisotopic (exact) mass is 265 g/mol. The van der Waals surface area contributed by atoms with Crippen LogP contribution in [0, 0.1) is 0 Å². The lowest BCUT2D eigenvalue weighted by Crippen LogP contribution is -2.54. The Hall–Kier alpha value is -0.940. The van der Waals surface area contributed by atoms with Gasteiger partial charge in [0.2, 0.25) is 0 Å². The van der Waals surface area contributed by atoms with Gasteiger partial charge in [0.15, 0.2) is 0 Å². The quantitative estimate of drug-likeness (QED) is 0.851. The molecule has 1 unspecified atom stereocenters. The zero-order valence-corrected chi connectivity index (χ0v) is 12.7. The Kier molecular flexibility index (Phi) is 4.58. The van der Waals surface area contributed by atoms with Crippen LogP contribution in [0.25, 0.3) is 0 Å². The van der Waals surface area contributed by atoms with Gasteiger partial charge in [-0.25, -0.2) is 0 Å². The standard InChI is InChI=1S/C14H27N5/c1-5-19(6-2)14(9-7-8-10-14)13(15-3)12-11-16-17-18(12)4/h11,13,15H,5-10H2,1-4H3. The summed E-state index contributed by atoms with van der Waals surface area (Å²) in [6.07, 6.45) is 7.06. The van der Waals surface area contributed by atoms with E-state index in [2.05, 4.69) is 41.4 Å². The first kappa shape index (κ1) is 14.5. The molecule has 0 radical (unpaired) electrons. The van der Waals surface area contributed by atoms with E-state index in [4.69, 9.17) is 0 Å². The van der Waals surface area contributed by atoms with E-state index < -0.39 is 0 Å². The molecular formula is C14H27N5. The van der Waals surface area contributed by atoms with Crippen molar-refractivity contribution in [3.63, 3.8) is 0 Å². The van der Waals surface area contributed by atoms with Crippen molar-refractivity contribution in [2.24, 2.45) is 7.05 Å². The number of aryl methyl sites for hydroxylation is 1. The fourth-order valence-electron chi connectivity index (χ4n) is 3.88.